The Hall–Kier alpha value is -3.94. The zero-order valence-corrected chi connectivity index (χ0v) is 14.9. The van der Waals surface area contributed by atoms with Crippen molar-refractivity contribution in [1.82, 2.24) is 15.0 Å². The zero-order chi connectivity index (χ0) is 19.7. The van der Waals surface area contributed by atoms with Gasteiger partial charge in [-0.05, 0) is 42.5 Å². The van der Waals surface area contributed by atoms with Crippen molar-refractivity contribution >= 4 is 28.3 Å². The fourth-order valence-corrected chi connectivity index (χ4v) is 2.88. The summed E-state index contributed by atoms with van der Waals surface area (Å²) in [4.78, 5) is 23.3. The van der Waals surface area contributed by atoms with Gasteiger partial charge in [0.15, 0.2) is 0 Å². The number of methoxy groups -OCH3 is 1. The maximum absolute atomic E-state index is 13.4. The molecule has 0 bridgehead atoms. The fourth-order valence-electron chi connectivity index (χ4n) is 2.88. The molecular weight excluding hydrogens is 361 g/mol. The lowest BCUT2D eigenvalue weighted by molar-refractivity contribution is 0.1000. The van der Waals surface area contributed by atoms with E-state index in [0.717, 1.165) is 10.9 Å². The van der Waals surface area contributed by atoms with E-state index >= 15 is 0 Å². The third kappa shape index (κ3) is 3.35. The first kappa shape index (κ1) is 17.5. The van der Waals surface area contributed by atoms with Crippen molar-refractivity contribution in [2.45, 2.75) is 0 Å². The number of hydrogen-bond acceptors (Lipinski definition) is 5. The summed E-state index contributed by atoms with van der Waals surface area (Å²) in [6, 6.07) is 11.2. The number of hydrogen-bond donors (Lipinski definition) is 3. The minimum atomic E-state index is -0.540. The second-order valence-corrected chi connectivity index (χ2v) is 6.11. The van der Waals surface area contributed by atoms with Gasteiger partial charge in [-0.25, -0.2) is 9.37 Å². The number of benzene rings is 2. The van der Waals surface area contributed by atoms with E-state index in [0.29, 0.717) is 34.2 Å². The third-order valence-electron chi connectivity index (χ3n) is 4.24. The maximum Gasteiger partial charge on any atom is 0.248 e. The number of nitrogens with two attached hydrogens (primary N) is 1. The lowest BCUT2D eigenvalue weighted by atomic mass is 10.2. The van der Waals surface area contributed by atoms with Crippen LogP contribution in [-0.4, -0.2) is 28.0 Å². The van der Waals surface area contributed by atoms with Crippen LogP contribution in [0, 0.1) is 5.82 Å². The van der Waals surface area contributed by atoms with Crippen LogP contribution in [0.4, 0.5) is 15.9 Å². The predicted octanol–water partition coefficient (Wildman–Crippen LogP) is 3.62. The van der Waals surface area contributed by atoms with Crippen molar-refractivity contribution in [2.75, 3.05) is 12.4 Å². The summed E-state index contributed by atoms with van der Waals surface area (Å²) in [5.74, 6) is 0.0880. The van der Waals surface area contributed by atoms with Crippen LogP contribution in [0.1, 0.15) is 10.4 Å². The van der Waals surface area contributed by atoms with Gasteiger partial charge in [-0.1, -0.05) is 0 Å². The highest BCUT2D eigenvalue weighted by Crippen LogP contribution is 2.29. The van der Waals surface area contributed by atoms with Gasteiger partial charge in [0.05, 0.1) is 30.9 Å². The van der Waals surface area contributed by atoms with Crippen LogP contribution in [0.15, 0.2) is 54.9 Å². The predicted molar refractivity (Wildman–Crippen MR) is 104 cm³/mol. The van der Waals surface area contributed by atoms with Crippen LogP contribution in [0.5, 0.6) is 5.75 Å². The normalized spacial score (nSPS) is 10.8. The van der Waals surface area contributed by atoms with Crippen molar-refractivity contribution in [2.24, 2.45) is 5.73 Å². The molecule has 8 heteroatoms. The van der Waals surface area contributed by atoms with Gasteiger partial charge in [0, 0.05) is 16.5 Å². The number of aromatic amines is 1. The van der Waals surface area contributed by atoms with Gasteiger partial charge in [0.2, 0.25) is 5.91 Å². The molecule has 0 saturated carbocycles. The molecule has 0 aliphatic carbocycles. The largest absolute Gasteiger partial charge is 0.495 e. The highest BCUT2D eigenvalue weighted by molar-refractivity contribution is 5.94. The SMILES string of the molecule is COc1cc(C(N)=O)ccc1Nc1cncc(-c2cc3cc(F)ccc3[nH]2)n1. The molecule has 7 nitrogen and oxygen atoms in total. The number of aromatic nitrogens is 3. The Morgan fingerprint density at radius 3 is 2.82 bits per heavy atom. The summed E-state index contributed by atoms with van der Waals surface area (Å²) in [7, 11) is 1.50. The average Bonchev–Trinajstić information content (AvgIpc) is 3.11. The number of amides is 1. The van der Waals surface area contributed by atoms with Crippen LogP contribution in [0.2, 0.25) is 0 Å². The highest BCUT2D eigenvalue weighted by Gasteiger charge is 2.11. The molecule has 4 aromatic rings. The Bertz CT molecular complexity index is 1190. The van der Waals surface area contributed by atoms with Crippen molar-refractivity contribution in [3.8, 4) is 17.1 Å². The Morgan fingerprint density at radius 2 is 2.04 bits per heavy atom. The lowest BCUT2D eigenvalue weighted by Gasteiger charge is -2.11. The number of H-pyrrole nitrogens is 1. The summed E-state index contributed by atoms with van der Waals surface area (Å²) in [6.07, 6.45) is 3.17. The van der Waals surface area contributed by atoms with Crippen molar-refractivity contribution in [3.05, 3.63) is 66.2 Å². The van der Waals surface area contributed by atoms with E-state index < -0.39 is 5.91 Å². The second-order valence-electron chi connectivity index (χ2n) is 6.11. The molecule has 0 aliphatic heterocycles. The molecular formula is C20H16FN5O2. The van der Waals surface area contributed by atoms with E-state index in [1.165, 1.54) is 19.2 Å². The Kier molecular flexibility index (Phi) is 4.36. The summed E-state index contributed by atoms with van der Waals surface area (Å²) < 4.78 is 18.7. The molecule has 0 spiro atoms. The van der Waals surface area contributed by atoms with Crippen LogP contribution in [0.3, 0.4) is 0 Å². The number of nitrogens with zero attached hydrogens (tertiary/aromatic N) is 2. The molecule has 0 unspecified atom stereocenters. The number of fused-ring (bicyclic) bond motifs is 1. The number of anilines is 2. The first-order valence-corrected chi connectivity index (χ1v) is 8.39. The van der Waals surface area contributed by atoms with Gasteiger partial charge in [-0.2, -0.15) is 0 Å². The van der Waals surface area contributed by atoms with Crippen molar-refractivity contribution in [3.63, 3.8) is 0 Å². The van der Waals surface area contributed by atoms with Crippen LogP contribution in [-0.2, 0) is 0 Å². The summed E-state index contributed by atoms with van der Waals surface area (Å²) >= 11 is 0. The highest BCUT2D eigenvalue weighted by atomic mass is 19.1. The van der Waals surface area contributed by atoms with Crippen LogP contribution in [0.25, 0.3) is 22.3 Å². The number of rotatable bonds is 5. The summed E-state index contributed by atoms with van der Waals surface area (Å²) in [5.41, 5.74) is 8.36. The number of nitrogens with one attached hydrogen (secondary N) is 2. The number of carbonyl (C=O) groups excluding carboxylic acids is 1. The minimum Gasteiger partial charge on any atom is -0.495 e. The minimum absolute atomic E-state index is 0.300. The topological polar surface area (TPSA) is 106 Å². The van der Waals surface area contributed by atoms with Gasteiger partial charge >= 0.3 is 0 Å². The number of ether oxygens (including phenoxy) is 1. The van der Waals surface area contributed by atoms with E-state index in [1.807, 2.05) is 6.07 Å². The molecule has 2 heterocycles. The van der Waals surface area contributed by atoms with E-state index in [4.69, 9.17) is 10.5 Å². The molecule has 0 atom stereocenters. The van der Waals surface area contributed by atoms with Crippen LogP contribution < -0.4 is 15.8 Å². The number of carbonyl (C=O) groups is 1. The molecule has 0 radical (unpaired) electrons. The zero-order valence-electron chi connectivity index (χ0n) is 14.9. The van der Waals surface area contributed by atoms with Crippen LogP contribution >= 0.6 is 0 Å². The van der Waals surface area contributed by atoms with Gasteiger partial charge < -0.3 is 20.8 Å². The summed E-state index contributed by atoms with van der Waals surface area (Å²) in [5, 5.41) is 3.87. The molecule has 28 heavy (non-hydrogen) atoms. The van der Waals surface area contributed by atoms with Gasteiger partial charge in [0.1, 0.15) is 23.1 Å². The van der Waals surface area contributed by atoms with E-state index in [2.05, 4.69) is 20.3 Å². The first-order valence-electron chi connectivity index (χ1n) is 8.39. The van der Waals surface area contributed by atoms with E-state index in [-0.39, 0.29) is 5.82 Å². The molecule has 1 amide bonds. The summed E-state index contributed by atoms with van der Waals surface area (Å²) in [6.45, 7) is 0. The number of primary amides is 1. The maximum atomic E-state index is 13.4. The number of halogens is 1. The average molecular weight is 377 g/mol. The molecule has 0 aliphatic rings. The quantitative estimate of drug-likeness (QED) is 0.493. The molecule has 4 N–H and O–H groups in total. The van der Waals surface area contributed by atoms with Crippen molar-refractivity contribution < 1.29 is 13.9 Å². The standard InChI is InChI=1S/C20H16FN5O2/c1-28-18-8-11(20(22)27)2-4-15(18)25-19-10-23-9-17(26-19)16-7-12-6-13(21)3-5-14(12)24-16/h2-10,24H,1H3,(H2,22,27)(H,25,26). The smallest absolute Gasteiger partial charge is 0.248 e. The monoisotopic (exact) mass is 377 g/mol. The first-order chi connectivity index (χ1) is 13.5. The molecule has 0 saturated heterocycles. The Labute approximate surface area is 159 Å². The molecule has 4 rings (SSSR count). The second kappa shape index (κ2) is 6.99. The van der Waals surface area contributed by atoms with Gasteiger partial charge in [0.25, 0.3) is 0 Å². The molecule has 2 aromatic heterocycles. The van der Waals surface area contributed by atoms with Crippen molar-refractivity contribution in [1.29, 1.82) is 0 Å². The molecule has 2 aromatic carbocycles. The van der Waals surface area contributed by atoms with Gasteiger partial charge in [-0.3, -0.25) is 9.78 Å². The fraction of sp³-hybridized carbons (Fsp3) is 0.0500. The lowest BCUT2D eigenvalue weighted by Crippen LogP contribution is -2.11. The third-order valence-corrected chi connectivity index (χ3v) is 4.24. The van der Waals surface area contributed by atoms with Gasteiger partial charge in [-0.15, -0.1) is 0 Å². The Balaban J connectivity index is 1.66. The molecule has 140 valence electrons. The molecule has 0 fully saturated rings. The Morgan fingerprint density at radius 1 is 1.18 bits per heavy atom. The van der Waals surface area contributed by atoms with E-state index in [1.54, 1.807) is 36.7 Å². The van der Waals surface area contributed by atoms with E-state index in [9.17, 15) is 9.18 Å².